The number of imide groups is 1. The molecule has 1 heterocycles. The number of amides is 2. The third-order valence-corrected chi connectivity index (χ3v) is 4.80. The van der Waals surface area contributed by atoms with Gasteiger partial charge in [0.1, 0.15) is 5.60 Å². The third-order valence-electron chi connectivity index (χ3n) is 3.34. The van der Waals surface area contributed by atoms with E-state index in [4.69, 9.17) is 4.74 Å². The van der Waals surface area contributed by atoms with Crippen LogP contribution in [-0.4, -0.2) is 36.6 Å². The minimum atomic E-state index is -1.17. The lowest BCUT2D eigenvalue weighted by molar-refractivity contribution is -0.129. The highest BCUT2D eigenvalue weighted by atomic mass is 28.3. The Morgan fingerprint density at radius 3 is 2.45 bits per heavy atom. The molecule has 1 fully saturated rings. The van der Waals surface area contributed by atoms with Crippen molar-refractivity contribution in [2.45, 2.75) is 64.5 Å². The van der Waals surface area contributed by atoms with E-state index in [2.05, 4.69) is 32.3 Å². The van der Waals surface area contributed by atoms with Crippen molar-refractivity contribution in [3.05, 3.63) is 24.8 Å². The minimum Gasteiger partial charge on any atom is -0.443 e. The second kappa shape index (κ2) is 6.81. The normalized spacial score (nSPS) is 23.2. The van der Waals surface area contributed by atoms with Gasteiger partial charge in [0.15, 0.2) is 0 Å². The van der Waals surface area contributed by atoms with Crippen molar-refractivity contribution >= 4 is 20.1 Å². The number of allylic oxidation sites excluding steroid dienone is 1. The van der Waals surface area contributed by atoms with E-state index in [0.717, 1.165) is 6.04 Å². The summed E-state index contributed by atoms with van der Waals surface area (Å²) < 4.78 is 5.33. The van der Waals surface area contributed by atoms with Gasteiger partial charge in [0.05, 0.1) is 12.0 Å². The van der Waals surface area contributed by atoms with Crippen molar-refractivity contribution in [1.29, 1.82) is 0 Å². The van der Waals surface area contributed by atoms with Crippen molar-refractivity contribution < 1.29 is 14.3 Å². The molecule has 0 aromatic heterocycles. The van der Waals surface area contributed by atoms with Crippen molar-refractivity contribution in [3.63, 3.8) is 0 Å². The first-order valence-corrected chi connectivity index (χ1v) is 11.5. The van der Waals surface area contributed by atoms with E-state index in [1.165, 1.54) is 4.90 Å². The van der Waals surface area contributed by atoms with Gasteiger partial charge in [-0.3, -0.25) is 4.79 Å². The zero-order valence-electron chi connectivity index (χ0n) is 14.7. The van der Waals surface area contributed by atoms with Gasteiger partial charge in [-0.25, -0.2) is 9.69 Å². The Bertz CT molecular complexity index is 471. The molecule has 1 aliphatic heterocycles. The first-order valence-electron chi connectivity index (χ1n) is 7.80. The lowest BCUT2D eigenvalue weighted by atomic mass is 10.0. The summed E-state index contributed by atoms with van der Waals surface area (Å²) in [6, 6.07) is 0.742. The van der Waals surface area contributed by atoms with Crippen LogP contribution in [0.1, 0.15) is 27.2 Å². The molecule has 124 valence electrons. The van der Waals surface area contributed by atoms with Crippen LogP contribution in [0.4, 0.5) is 4.79 Å². The van der Waals surface area contributed by atoms with E-state index >= 15 is 0 Å². The summed E-state index contributed by atoms with van der Waals surface area (Å²) in [5, 5.41) is 0. The smallest absolute Gasteiger partial charge is 0.417 e. The maximum absolute atomic E-state index is 12.5. The van der Waals surface area contributed by atoms with Crippen LogP contribution in [0.5, 0.6) is 0 Å². The molecule has 0 aliphatic carbocycles. The first kappa shape index (κ1) is 18.7. The van der Waals surface area contributed by atoms with Gasteiger partial charge in [0, 0.05) is 8.07 Å². The summed E-state index contributed by atoms with van der Waals surface area (Å²) in [5.41, 5.74) is -0.616. The molecule has 2 atom stereocenters. The monoisotopic (exact) mass is 323 g/mol. The van der Waals surface area contributed by atoms with Crippen LogP contribution in [0, 0.1) is 5.92 Å². The summed E-state index contributed by atoms with van der Waals surface area (Å²) >= 11 is 0. The minimum absolute atomic E-state index is 0.189. The molecule has 1 rings (SSSR count). The van der Waals surface area contributed by atoms with Gasteiger partial charge < -0.3 is 4.74 Å². The highest BCUT2D eigenvalue weighted by Crippen LogP contribution is 2.29. The molecule has 5 heteroatoms. The second-order valence-corrected chi connectivity index (χ2v) is 13.6. The summed E-state index contributed by atoms with van der Waals surface area (Å²) in [4.78, 5) is 25.9. The molecule has 0 unspecified atom stereocenters. The van der Waals surface area contributed by atoms with Gasteiger partial charge in [0.25, 0.3) is 0 Å². The van der Waals surface area contributed by atoms with Crippen molar-refractivity contribution in [2.75, 3.05) is 0 Å². The quantitative estimate of drug-likeness (QED) is 0.575. The van der Waals surface area contributed by atoms with Gasteiger partial charge in [-0.15, -0.1) is 6.58 Å². The Labute approximate surface area is 135 Å². The topological polar surface area (TPSA) is 46.6 Å². The van der Waals surface area contributed by atoms with E-state index in [9.17, 15) is 9.59 Å². The Kier molecular flexibility index (Phi) is 5.79. The molecule has 0 aromatic rings. The summed E-state index contributed by atoms with van der Waals surface area (Å²) in [5.74, 6) is -0.446. The molecule has 2 amide bonds. The fourth-order valence-electron chi connectivity index (χ4n) is 2.29. The number of hydrogen-bond donors (Lipinski definition) is 0. The highest BCUT2D eigenvalue weighted by molar-refractivity contribution is 6.76. The number of carbonyl (C=O) groups excluding carboxylic acids is 2. The Balaban J connectivity index is 2.82. The van der Waals surface area contributed by atoms with Gasteiger partial charge in [0.2, 0.25) is 5.91 Å². The molecular weight excluding hydrogens is 294 g/mol. The van der Waals surface area contributed by atoms with Crippen LogP contribution in [-0.2, 0) is 9.53 Å². The van der Waals surface area contributed by atoms with Gasteiger partial charge in [-0.05, 0) is 33.2 Å². The molecule has 22 heavy (non-hydrogen) atoms. The Morgan fingerprint density at radius 2 is 2.00 bits per heavy atom. The highest BCUT2D eigenvalue weighted by Gasteiger charge is 2.42. The summed E-state index contributed by atoms with van der Waals surface area (Å²) in [6.45, 7) is 16.0. The number of ether oxygens (including phenoxy) is 1. The average Bonchev–Trinajstić information content (AvgIpc) is 2.62. The average molecular weight is 324 g/mol. The molecule has 1 aliphatic rings. The number of hydrogen-bond acceptors (Lipinski definition) is 3. The van der Waals surface area contributed by atoms with Crippen LogP contribution < -0.4 is 0 Å². The van der Waals surface area contributed by atoms with Crippen LogP contribution in [0.25, 0.3) is 0 Å². The number of nitrogens with zero attached hydrogens (tertiary/aromatic N) is 1. The summed E-state index contributed by atoms with van der Waals surface area (Å²) in [7, 11) is -1.17. The predicted molar refractivity (Wildman–Crippen MR) is 92.5 cm³/mol. The lowest BCUT2D eigenvalue weighted by Gasteiger charge is -2.26. The zero-order chi connectivity index (χ0) is 17.1. The maximum atomic E-state index is 12.5. The van der Waals surface area contributed by atoms with E-state index in [1.54, 1.807) is 26.8 Å². The van der Waals surface area contributed by atoms with E-state index in [0.29, 0.717) is 6.42 Å². The number of likely N-dealkylation sites (tertiary alicyclic amines) is 1. The number of carbonyl (C=O) groups is 2. The standard InChI is InChI=1S/C17H29NO3Si/c1-8-14-12-13(10-9-11-22(5,6)7)15(19)18(14)16(20)21-17(2,3)4/h8-10,13-14H,1,11-12H2,2-7H3/b10-9-/t13-,14+/m0/s1. The molecular formula is C17H29NO3Si. The van der Waals surface area contributed by atoms with Crippen molar-refractivity contribution in [1.82, 2.24) is 4.90 Å². The van der Waals surface area contributed by atoms with Crippen LogP contribution in [0.3, 0.4) is 0 Å². The van der Waals surface area contributed by atoms with Gasteiger partial charge in [-0.2, -0.15) is 0 Å². The zero-order valence-corrected chi connectivity index (χ0v) is 15.7. The predicted octanol–water partition coefficient (Wildman–Crippen LogP) is 4.22. The van der Waals surface area contributed by atoms with Crippen LogP contribution in [0.15, 0.2) is 24.8 Å². The fraction of sp³-hybridized carbons (Fsp3) is 0.647. The Morgan fingerprint density at radius 1 is 1.41 bits per heavy atom. The third kappa shape index (κ3) is 5.44. The van der Waals surface area contributed by atoms with E-state index < -0.39 is 19.8 Å². The fourth-order valence-corrected chi connectivity index (χ4v) is 3.14. The summed E-state index contributed by atoms with van der Waals surface area (Å²) in [6.07, 6.45) is 5.69. The molecule has 0 saturated carbocycles. The molecule has 0 bridgehead atoms. The number of rotatable bonds is 4. The molecule has 0 N–H and O–H groups in total. The van der Waals surface area contributed by atoms with Gasteiger partial charge in [-0.1, -0.05) is 37.9 Å². The maximum Gasteiger partial charge on any atom is 0.417 e. The van der Waals surface area contributed by atoms with Gasteiger partial charge >= 0.3 is 6.09 Å². The largest absolute Gasteiger partial charge is 0.443 e. The first-order chi connectivity index (χ1) is 9.94. The molecule has 0 aromatic carbocycles. The van der Waals surface area contributed by atoms with E-state index in [1.807, 2.05) is 6.08 Å². The van der Waals surface area contributed by atoms with Crippen LogP contribution in [0.2, 0.25) is 25.7 Å². The SMILES string of the molecule is C=C[C@@H]1C[C@H](/C=C\C[Si](C)(C)C)C(=O)N1C(=O)OC(C)(C)C. The molecule has 1 saturated heterocycles. The van der Waals surface area contributed by atoms with E-state index in [-0.39, 0.29) is 17.9 Å². The molecule has 0 spiro atoms. The lowest BCUT2D eigenvalue weighted by Crippen LogP contribution is -2.42. The Hall–Kier alpha value is -1.36. The van der Waals surface area contributed by atoms with Crippen molar-refractivity contribution in [2.24, 2.45) is 5.92 Å². The van der Waals surface area contributed by atoms with Crippen molar-refractivity contribution in [3.8, 4) is 0 Å². The molecule has 4 nitrogen and oxygen atoms in total. The molecule has 0 radical (unpaired) electrons. The van der Waals surface area contributed by atoms with Crippen LogP contribution >= 0.6 is 0 Å². The second-order valence-electron chi connectivity index (χ2n) is 8.03.